The number of aliphatic hydroxyl groups excluding tert-OH is 1. The number of nitro benzene ring substituents is 1. The number of carbonyl (C=O) groups excluding carboxylic acids is 1. The fourth-order valence-electron chi connectivity index (χ4n) is 7.18. The number of halogens is 1. The summed E-state index contributed by atoms with van der Waals surface area (Å²) in [4.78, 5) is 23.7. The number of alkyl halides is 1. The smallest absolute Gasteiger partial charge is 0.283 e. The largest absolute Gasteiger partial charge is 0.486 e. The van der Waals surface area contributed by atoms with Crippen LogP contribution in [0.4, 0.5) is 5.69 Å². The summed E-state index contributed by atoms with van der Waals surface area (Å²) >= 11 is 6.74. The van der Waals surface area contributed by atoms with Crippen molar-refractivity contribution in [1.82, 2.24) is 5.32 Å². The summed E-state index contributed by atoms with van der Waals surface area (Å²) in [5, 5.41) is 25.0. The Labute approximate surface area is 186 Å². The monoisotopic (exact) mass is 448 g/mol. The first-order valence-electron chi connectivity index (χ1n) is 11.1. The standard InChI is InChI=1S/C23H29ClN2O5/c1-11-5-6-16-21(2,3)19(27)14(24)9-23(16)22(11,4)8-12-7-15(26(29)30)17-13(18(12)31-23)10-25-20(17)28/h7,11,14,16,19,27H,5-6,8-10H2,1-4H3,(H,25,28)/t11-,14?,16-,19?,22+,23-/m0/s1. The predicted octanol–water partition coefficient (Wildman–Crippen LogP) is 3.96. The molecule has 2 aliphatic heterocycles. The third-order valence-corrected chi connectivity index (χ3v) is 9.53. The zero-order chi connectivity index (χ0) is 22.5. The van der Waals surface area contributed by atoms with Crippen LogP contribution >= 0.6 is 11.6 Å². The van der Waals surface area contributed by atoms with Gasteiger partial charge in [0.15, 0.2) is 0 Å². The molecule has 4 aliphatic rings. The number of nitro groups is 1. The second-order valence-electron chi connectivity index (χ2n) is 10.8. The van der Waals surface area contributed by atoms with Crippen molar-refractivity contribution in [1.29, 1.82) is 0 Å². The molecule has 0 saturated heterocycles. The lowest BCUT2D eigenvalue weighted by molar-refractivity contribution is -0.385. The molecule has 1 aromatic carbocycles. The average Bonchev–Trinajstić information content (AvgIpc) is 3.07. The molecule has 31 heavy (non-hydrogen) atoms. The number of hydrogen-bond donors (Lipinski definition) is 2. The van der Waals surface area contributed by atoms with Crippen molar-refractivity contribution < 1.29 is 19.6 Å². The molecule has 2 saturated carbocycles. The van der Waals surface area contributed by atoms with Gasteiger partial charge in [-0.2, -0.15) is 0 Å². The van der Waals surface area contributed by atoms with E-state index in [4.69, 9.17) is 16.3 Å². The van der Waals surface area contributed by atoms with Crippen molar-refractivity contribution in [2.45, 2.75) is 77.0 Å². The molecule has 0 radical (unpaired) electrons. The Morgan fingerprint density at radius 3 is 2.71 bits per heavy atom. The highest BCUT2D eigenvalue weighted by atomic mass is 35.5. The summed E-state index contributed by atoms with van der Waals surface area (Å²) in [7, 11) is 0. The van der Waals surface area contributed by atoms with E-state index < -0.39 is 33.3 Å². The van der Waals surface area contributed by atoms with Gasteiger partial charge in [-0.05, 0) is 30.6 Å². The maximum absolute atomic E-state index is 12.4. The number of amides is 1. The zero-order valence-corrected chi connectivity index (χ0v) is 19.1. The molecule has 0 bridgehead atoms. The van der Waals surface area contributed by atoms with Gasteiger partial charge in [0.1, 0.15) is 16.9 Å². The van der Waals surface area contributed by atoms with Crippen LogP contribution in [0.5, 0.6) is 5.75 Å². The van der Waals surface area contributed by atoms with Gasteiger partial charge >= 0.3 is 0 Å². The van der Waals surface area contributed by atoms with Gasteiger partial charge in [0.2, 0.25) is 0 Å². The van der Waals surface area contributed by atoms with Crippen LogP contribution in [-0.2, 0) is 13.0 Å². The van der Waals surface area contributed by atoms with E-state index in [2.05, 4.69) is 33.0 Å². The highest BCUT2D eigenvalue weighted by molar-refractivity contribution is 6.21. The summed E-state index contributed by atoms with van der Waals surface area (Å²) in [6.45, 7) is 8.80. The van der Waals surface area contributed by atoms with Crippen LogP contribution < -0.4 is 10.1 Å². The van der Waals surface area contributed by atoms with E-state index in [9.17, 15) is 20.0 Å². The topological polar surface area (TPSA) is 102 Å². The zero-order valence-electron chi connectivity index (χ0n) is 18.3. The molecule has 1 amide bonds. The second kappa shape index (κ2) is 6.35. The molecular weight excluding hydrogens is 420 g/mol. The fraction of sp³-hybridized carbons (Fsp3) is 0.696. The highest BCUT2D eigenvalue weighted by Gasteiger charge is 2.69. The van der Waals surface area contributed by atoms with E-state index in [-0.39, 0.29) is 29.1 Å². The molecule has 2 fully saturated rings. The number of benzene rings is 1. The van der Waals surface area contributed by atoms with E-state index in [0.29, 0.717) is 30.1 Å². The van der Waals surface area contributed by atoms with Gasteiger partial charge in [0.25, 0.3) is 11.6 Å². The normalized spacial score (nSPS) is 40.0. The Kier molecular flexibility index (Phi) is 4.30. The number of ether oxygens (including phenoxy) is 1. The Morgan fingerprint density at radius 1 is 1.32 bits per heavy atom. The summed E-state index contributed by atoms with van der Waals surface area (Å²) in [6.07, 6.45) is 2.41. The average molecular weight is 449 g/mol. The lowest BCUT2D eigenvalue weighted by Crippen LogP contribution is -2.72. The summed E-state index contributed by atoms with van der Waals surface area (Å²) in [5.74, 6) is 0.572. The molecule has 0 aromatic heterocycles. The van der Waals surface area contributed by atoms with Gasteiger partial charge in [0.05, 0.1) is 16.4 Å². The second-order valence-corrected chi connectivity index (χ2v) is 11.3. The molecule has 6 atom stereocenters. The number of carbonyl (C=O) groups is 1. The van der Waals surface area contributed by atoms with Crippen LogP contribution in [-0.4, -0.2) is 33.0 Å². The molecule has 8 heteroatoms. The van der Waals surface area contributed by atoms with E-state index >= 15 is 0 Å². The van der Waals surface area contributed by atoms with Gasteiger partial charge in [-0.3, -0.25) is 14.9 Å². The minimum absolute atomic E-state index is 0.0789. The fourth-order valence-corrected chi connectivity index (χ4v) is 7.74. The summed E-state index contributed by atoms with van der Waals surface area (Å²) < 4.78 is 6.97. The maximum Gasteiger partial charge on any atom is 0.283 e. The minimum Gasteiger partial charge on any atom is -0.486 e. The number of nitrogens with one attached hydrogen (secondary N) is 1. The van der Waals surface area contributed by atoms with Gasteiger partial charge in [-0.25, -0.2) is 0 Å². The van der Waals surface area contributed by atoms with E-state index in [1.54, 1.807) is 0 Å². The Hall–Kier alpha value is -1.86. The van der Waals surface area contributed by atoms with Gasteiger partial charge in [-0.1, -0.05) is 27.7 Å². The quantitative estimate of drug-likeness (QED) is 0.384. The van der Waals surface area contributed by atoms with Crippen LogP contribution in [0.1, 0.15) is 68.4 Å². The Bertz CT molecular complexity index is 1010. The molecule has 2 aliphatic carbocycles. The SMILES string of the molecule is C[C@H]1CC[C@H]2C(C)(C)C(O)C(Cl)C[C@]23Oc2c(cc([N+](=O)[O-])c4c2CNC4=O)C[C@]13C. The molecule has 2 unspecified atom stereocenters. The molecule has 2 N–H and O–H groups in total. The van der Waals surface area contributed by atoms with Crippen molar-refractivity contribution in [2.24, 2.45) is 22.7 Å². The molecule has 1 aromatic rings. The number of fused-ring (bicyclic) bond motifs is 3. The third kappa shape index (κ3) is 2.48. The number of hydrogen-bond acceptors (Lipinski definition) is 5. The van der Waals surface area contributed by atoms with Crippen molar-refractivity contribution in [3.63, 3.8) is 0 Å². The van der Waals surface area contributed by atoms with Crippen LogP contribution in [0, 0.1) is 32.8 Å². The van der Waals surface area contributed by atoms with Gasteiger partial charge in [0, 0.05) is 41.5 Å². The predicted molar refractivity (Wildman–Crippen MR) is 115 cm³/mol. The lowest BCUT2D eigenvalue weighted by Gasteiger charge is -2.67. The number of rotatable bonds is 1. The first-order valence-corrected chi connectivity index (χ1v) is 11.5. The van der Waals surface area contributed by atoms with Crippen LogP contribution in [0.2, 0.25) is 0 Å². The first kappa shape index (κ1) is 21.0. The van der Waals surface area contributed by atoms with Crippen molar-refractivity contribution in [2.75, 3.05) is 0 Å². The molecule has 168 valence electrons. The van der Waals surface area contributed by atoms with Crippen LogP contribution in [0.3, 0.4) is 0 Å². The minimum atomic E-state index is -0.640. The highest BCUT2D eigenvalue weighted by Crippen LogP contribution is 2.66. The van der Waals surface area contributed by atoms with E-state index in [1.165, 1.54) is 6.07 Å². The third-order valence-electron chi connectivity index (χ3n) is 9.13. The van der Waals surface area contributed by atoms with Crippen molar-refractivity contribution >= 4 is 23.2 Å². The number of nitrogens with zero attached hydrogens (tertiary/aromatic N) is 1. The van der Waals surface area contributed by atoms with Gasteiger partial charge < -0.3 is 15.2 Å². The van der Waals surface area contributed by atoms with Crippen LogP contribution in [0.25, 0.3) is 0 Å². The Morgan fingerprint density at radius 2 is 2.03 bits per heavy atom. The number of aliphatic hydroxyl groups is 1. The van der Waals surface area contributed by atoms with E-state index in [0.717, 1.165) is 18.4 Å². The molecule has 2 heterocycles. The van der Waals surface area contributed by atoms with Crippen molar-refractivity contribution in [3.05, 3.63) is 32.9 Å². The summed E-state index contributed by atoms with van der Waals surface area (Å²) in [5.41, 5.74) is -0.0197. The summed E-state index contributed by atoms with van der Waals surface area (Å²) in [6, 6.07) is 1.54. The first-order chi connectivity index (χ1) is 14.4. The lowest BCUT2D eigenvalue weighted by atomic mass is 9.43. The molecule has 7 nitrogen and oxygen atoms in total. The van der Waals surface area contributed by atoms with E-state index in [1.807, 2.05) is 0 Å². The van der Waals surface area contributed by atoms with Crippen LogP contribution in [0.15, 0.2) is 6.07 Å². The molecule has 5 rings (SSSR count). The Balaban J connectivity index is 1.75. The molecular formula is C23H29ClN2O5. The van der Waals surface area contributed by atoms with Gasteiger partial charge in [-0.15, -0.1) is 11.6 Å². The molecule has 1 spiro atoms. The maximum atomic E-state index is 12.4. The van der Waals surface area contributed by atoms with Crippen molar-refractivity contribution in [3.8, 4) is 5.75 Å².